The highest BCUT2D eigenvalue weighted by molar-refractivity contribution is 6.22. The monoisotopic (exact) mass is 262 g/mol. The number of halogens is 1. The highest BCUT2D eigenvalue weighted by Gasteiger charge is 2.26. The van der Waals surface area contributed by atoms with Crippen molar-refractivity contribution in [1.82, 2.24) is 5.32 Å². The molecule has 0 radical (unpaired) electrons. The average molecular weight is 263 g/mol. The summed E-state index contributed by atoms with van der Waals surface area (Å²) in [5.41, 5.74) is 10.8. The number of alkyl halides is 1. The van der Waals surface area contributed by atoms with Gasteiger partial charge in [0.05, 0.1) is 12.0 Å². The highest BCUT2D eigenvalue weighted by Crippen LogP contribution is 2.08. The smallest absolute Gasteiger partial charge is 0.185 e. The van der Waals surface area contributed by atoms with Gasteiger partial charge in [0.2, 0.25) is 0 Å². The number of rotatable bonds is 8. The van der Waals surface area contributed by atoms with Crippen LogP contribution in [-0.2, 0) is 9.59 Å². The van der Waals surface area contributed by atoms with Crippen molar-refractivity contribution in [3.8, 4) is 0 Å². The van der Waals surface area contributed by atoms with Crippen molar-refractivity contribution in [3.63, 3.8) is 0 Å². The third kappa shape index (κ3) is 6.23. The number of ketones is 2. The first-order chi connectivity index (χ1) is 7.90. The lowest BCUT2D eigenvalue weighted by Gasteiger charge is -2.15. The Hall–Kier alpha value is -1.14. The van der Waals surface area contributed by atoms with Crippen molar-refractivity contribution in [2.45, 2.75) is 25.8 Å². The molecule has 6 nitrogen and oxygen atoms in total. The van der Waals surface area contributed by atoms with Crippen LogP contribution < -0.4 is 16.8 Å². The van der Waals surface area contributed by atoms with E-state index in [1.807, 2.05) is 0 Å². The number of guanidine groups is 1. The molecule has 0 aromatic heterocycles. The van der Waals surface area contributed by atoms with Gasteiger partial charge in [-0.05, 0) is 19.8 Å². The molecule has 0 aromatic carbocycles. The minimum absolute atomic E-state index is 0.0342. The Morgan fingerprint density at radius 2 is 2.06 bits per heavy atom. The summed E-state index contributed by atoms with van der Waals surface area (Å²) < 4.78 is 0. The van der Waals surface area contributed by atoms with Crippen LogP contribution in [0.15, 0.2) is 0 Å². The number of carbonyl (C=O) groups excluding carboxylic acids is 2. The number of carbonyl (C=O) groups is 2. The lowest BCUT2D eigenvalue weighted by Crippen LogP contribution is -2.40. The zero-order valence-electron chi connectivity index (χ0n) is 9.83. The third-order valence-electron chi connectivity index (χ3n) is 2.36. The van der Waals surface area contributed by atoms with Crippen LogP contribution in [0.25, 0.3) is 0 Å². The van der Waals surface area contributed by atoms with E-state index in [0.717, 1.165) is 0 Å². The van der Waals surface area contributed by atoms with E-state index in [-0.39, 0.29) is 23.4 Å². The molecular weight excluding hydrogens is 244 g/mol. The molecule has 98 valence electrons. The molecule has 0 aliphatic heterocycles. The maximum atomic E-state index is 11.7. The number of Topliss-reactive ketones (excluding diaryl/α,β-unsaturated/α-hetero) is 2. The highest BCUT2D eigenvalue weighted by atomic mass is 35.5. The first-order valence-electron chi connectivity index (χ1n) is 5.33. The summed E-state index contributed by atoms with van der Waals surface area (Å²) >= 11 is 5.55. The second-order valence-corrected chi connectivity index (χ2v) is 4.12. The Balaban J connectivity index is 4.04. The Labute approximate surface area is 106 Å². The normalized spacial score (nSPS) is 13.8. The van der Waals surface area contributed by atoms with E-state index in [0.29, 0.717) is 19.4 Å². The van der Waals surface area contributed by atoms with E-state index in [1.54, 1.807) is 0 Å². The van der Waals surface area contributed by atoms with Crippen molar-refractivity contribution in [1.29, 1.82) is 5.41 Å². The maximum absolute atomic E-state index is 11.7. The number of hydrogen-bond donors (Lipinski definition) is 4. The minimum atomic E-state index is -0.813. The predicted molar refractivity (Wildman–Crippen MR) is 67.0 cm³/mol. The van der Waals surface area contributed by atoms with E-state index < -0.39 is 12.0 Å². The Kier molecular flexibility index (Phi) is 7.49. The summed E-state index contributed by atoms with van der Waals surface area (Å²) in [5, 5.41) is 9.53. The van der Waals surface area contributed by atoms with Gasteiger partial charge in [-0.2, -0.15) is 0 Å². The van der Waals surface area contributed by atoms with Crippen LogP contribution >= 0.6 is 11.6 Å². The van der Waals surface area contributed by atoms with Gasteiger partial charge in [-0.3, -0.25) is 15.0 Å². The molecule has 0 rings (SSSR count). The van der Waals surface area contributed by atoms with E-state index in [2.05, 4.69) is 5.32 Å². The van der Waals surface area contributed by atoms with E-state index in [9.17, 15) is 9.59 Å². The first kappa shape index (κ1) is 15.9. The second-order valence-electron chi connectivity index (χ2n) is 3.81. The van der Waals surface area contributed by atoms with Crippen LogP contribution in [-0.4, -0.2) is 36.0 Å². The van der Waals surface area contributed by atoms with Crippen molar-refractivity contribution >= 4 is 29.1 Å². The molecule has 0 aromatic rings. The van der Waals surface area contributed by atoms with Crippen LogP contribution in [0.4, 0.5) is 0 Å². The molecule has 0 fully saturated rings. The fourth-order valence-corrected chi connectivity index (χ4v) is 1.70. The fourth-order valence-electron chi connectivity index (χ4n) is 1.33. The van der Waals surface area contributed by atoms with Gasteiger partial charge in [0, 0.05) is 12.4 Å². The average Bonchev–Trinajstić information content (AvgIpc) is 2.24. The van der Waals surface area contributed by atoms with E-state index in [1.165, 1.54) is 6.92 Å². The quantitative estimate of drug-likeness (QED) is 0.156. The Morgan fingerprint density at radius 1 is 1.47 bits per heavy atom. The molecule has 1 unspecified atom stereocenters. The summed E-state index contributed by atoms with van der Waals surface area (Å²) in [6.07, 6.45) is 1.03. The molecule has 0 aliphatic rings. The minimum Gasteiger partial charge on any atom is -0.370 e. The largest absolute Gasteiger partial charge is 0.370 e. The SMILES string of the molecule is CC(=O)C(CCl)C(=O)[C@@H](N)CCCNC(=N)N. The summed E-state index contributed by atoms with van der Waals surface area (Å²) in [6, 6.07) is -0.698. The van der Waals surface area contributed by atoms with Crippen molar-refractivity contribution in [2.24, 2.45) is 17.4 Å². The van der Waals surface area contributed by atoms with Gasteiger partial charge >= 0.3 is 0 Å². The van der Waals surface area contributed by atoms with Gasteiger partial charge < -0.3 is 16.8 Å². The van der Waals surface area contributed by atoms with Gasteiger partial charge in [-0.1, -0.05) is 0 Å². The van der Waals surface area contributed by atoms with Gasteiger partial charge in [0.15, 0.2) is 11.7 Å². The van der Waals surface area contributed by atoms with Crippen molar-refractivity contribution in [3.05, 3.63) is 0 Å². The first-order valence-corrected chi connectivity index (χ1v) is 5.87. The van der Waals surface area contributed by atoms with Crippen molar-refractivity contribution in [2.75, 3.05) is 12.4 Å². The molecule has 7 heteroatoms. The van der Waals surface area contributed by atoms with Crippen molar-refractivity contribution < 1.29 is 9.59 Å². The van der Waals surface area contributed by atoms with Gasteiger partial charge in [-0.15, -0.1) is 11.6 Å². The third-order valence-corrected chi connectivity index (χ3v) is 2.67. The lowest BCUT2D eigenvalue weighted by atomic mass is 9.94. The van der Waals surface area contributed by atoms with Crippen LogP contribution in [0.3, 0.4) is 0 Å². The van der Waals surface area contributed by atoms with E-state index in [4.69, 9.17) is 28.5 Å². The Bertz CT molecular complexity index is 296. The second kappa shape index (κ2) is 8.03. The van der Waals surface area contributed by atoms with Crippen LogP contribution in [0.1, 0.15) is 19.8 Å². The summed E-state index contributed by atoms with van der Waals surface area (Å²) in [5.74, 6) is -1.55. The molecule has 0 saturated carbocycles. The van der Waals surface area contributed by atoms with Crippen LogP contribution in [0, 0.1) is 11.3 Å². The number of nitrogens with two attached hydrogens (primary N) is 2. The van der Waals surface area contributed by atoms with Gasteiger partial charge in [0.1, 0.15) is 5.78 Å². The zero-order valence-corrected chi connectivity index (χ0v) is 10.6. The molecular formula is C10H19ClN4O2. The predicted octanol–water partition coefficient (Wildman–Crippen LogP) is -0.410. The molecule has 0 saturated heterocycles. The summed E-state index contributed by atoms with van der Waals surface area (Å²) in [7, 11) is 0. The molecule has 0 aliphatic carbocycles. The number of hydrogen-bond acceptors (Lipinski definition) is 4. The molecule has 0 heterocycles. The lowest BCUT2D eigenvalue weighted by molar-refractivity contribution is -0.131. The summed E-state index contributed by atoms with van der Waals surface area (Å²) in [4.78, 5) is 22.8. The van der Waals surface area contributed by atoms with Crippen LogP contribution in [0.5, 0.6) is 0 Å². The Morgan fingerprint density at radius 3 is 2.47 bits per heavy atom. The molecule has 6 N–H and O–H groups in total. The van der Waals surface area contributed by atoms with Crippen LogP contribution in [0.2, 0.25) is 0 Å². The van der Waals surface area contributed by atoms with Gasteiger partial charge in [0.25, 0.3) is 0 Å². The maximum Gasteiger partial charge on any atom is 0.185 e. The fraction of sp³-hybridized carbons (Fsp3) is 0.700. The standard InChI is InChI=1S/C10H19ClN4O2/c1-6(16)7(5-11)9(17)8(12)3-2-4-15-10(13)14/h7-8H,2-5,12H2,1H3,(H4,13,14,15)/t7?,8-/m0/s1. The molecule has 2 atom stereocenters. The zero-order chi connectivity index (χ0) is 13.4. The molecule has 0 amide bonds. The number of nitrogens with one attached hydrogen (secondary N) is 2. The van der Waals surface area contributed by atoms with E-state index >= 15 is 0 Å². The summed E-state index contributed by atoms with van der Waals surface area (Å²) in [6.45, 7) is 1.80. The topological polar surface area (TPSA) is 122 Å². The molecule has 0 bridgehead atoms. The molecule has 17 heavy (non-hydrogen) atoms. The molecule has 0 spiro atoms. The van der Waals surface area contributed by atoms with Gasteiger partial charge in [-0.25, -0.2) is 0 Å².